The van der Waals surface area contributed by atoms with E-state index in [1.807, 2.05) is 0 Å². The van der Waals surface area contributed by atoms with E-state index in [2.05, 4.69) is 44.8 Å². The molecule has 12 heavy (non-hydrogen) atoms. The minimum Gasteiger partial charge on any atom is -0.148 e. The van der Waals surface area contributed by atoms with Gasteiger partial charge in [-0.1, -0.05) is 11.1 Å². The molecule has 0 nitrogen and oxygen atoms in total. The van der Waals surface area contributed by atoms with Crippen molar-refractivity contribution in [1.82, 2.24) is 0 Å². The highest BCUT2D eigenvalue weighted by Gasteiger charge is 2.12. The fourth-order valence-corrected chi connectivity index (χ4v) is 2.11. The van der Waals surface area contributed by atoms with Gasteiger partial charge in [-0.2, -0.15) is 0 Å². The van der Waals surface area contributed by atoms with E-state index in [1.165, 1.54) is 16.1 Å². The van der Waals surface area contributed by atoms with Crippen molar-refractivity contribution in [2.24, 2.45) is 0 Å². The van der Waals surface area contributed by atoms with Crippen LogP contribution in [0.15, 0.2) is 20.3 Å². The van der Waals surface area contributed by atoms with Crippen LogP contribution in [0.4, 0.5) is 0 Å². The molecule has 0 bridgehead atoms. The Morgan fingerprint density at radius 3 is 1.67 bits per heavy atom. The van der Waals surface area contributed by atoms with Crippen molar-refractivity contribution in [1.29, 1.82) is 0 Å². The van der Waals surface area contributed by atoms with Crippen molar-refractivity contribution in [3.8, 4) is 0 Å². The topological polar surface area (TPSA) is 0 Å². The van der Waals surface area contributed by atoms with Gasteiger partial charge >= 0.3 is 0 Å². The zero-order chi connectivity index (χ0) is 9.14. The molecule has 0 aromatic heterocycles. The minimum atomic E-state index is 0.908. The highest BCUT2D eigenvalue weighted by Crippen LogP contribution is 2.33. The Labute approximate surface area is 90.7 Å². The van der Waals surface area contributed by atoms with E-state index < -0.39 is 0 Å². The average Bonchev–Trinajstić information content (AvgIpc) is 2.04. The second-order valence-electron chi connectivity index (χ2n) is 3.12. The predicted octanol–water partition coefficient (Wildman–Crippen LogP) is 3.84. The van der Waals surface area contributed by atoms with Crippen LogP contribution in [0.5, 0.6) is 0 Å². The van der Waals surface area contributed by atoms with E-state index in [0.717, 1.165) is 29.9 Å². The minimum absolute atomic E-state index is 0.908. The summed E-state index contributed by atoms with van der Waals surface area (Å²) < 4.78 is 0.908. The fraction of sp³-hybridized carbons (Fsp3) is 0.556. The molecule has 0 unspecified atom stereocenters. The molecule has 68 valence electrons. The molecule has 0 aromatic carbocycles. The van der Waals surface area contributed by atoms with Gasteiger partial charge in [0.2, 0.25) is 0 Å². The highest BCUT2D eigenvalue weighted by molar-refractivity contribution is 8.05. The molecule has 0 spiro atoms. The van der Waals surface area contributed by atoms with Crippen LogP contribution >= 0.6 is 37.9 Å². The van der Waals surface area contributed by atoms with E-state index in [4.69, 9.17) is 0 Å². The van der Waals surface area contributed by atoms with Crippen molar-refractivity contribution in [3.63, 3.8) is 0 Å². The summed E-state index contributed by atoms with van der Waals surface area (Å²) in [4.78, 5) is 1.19. The maximum absolute atomic E-state index is 4.35. The standard InChI is InChI=1S/C9H14S3/c1-6(10)7-2-4-8(5-3-7)9(11)12/h10-12H,2-5H2,1H3. The lowest BCUT2D eigenvalue weighted by Gasteiger charge is -2.19. The molecule has 1 aliphatic carbocycles. The molecular weight excluding hydrogens is 204 g/mol. The summed E-state index contributed by atoms with van der Waals surface area (Å²) in [5.41, 5.74) is 2.88. The highest BCUT2D eigenvalue weighted by atomic mass is 32.2. The quantitative estimate of drug-likeness (QED) is 0.506. The van der Waals surface area contributed by atoms with Crippen molar-refractivity contribution in [3.05, 3.63) is 20.3 Å². The molecule has 1 aliphatic rings. The smallest absolute Gasteiger partial charge is 0.0331 e. The monoisotopic (exact) mass is 218 g/mol. The van der Waals surface area contributed by atoms with Gasteiger partial charge in [-0.15, -0.1) is 37.9 Å². The summed E-state index contributed by atoms with van der Waals surface area (Å²) in [6.07, 6.45) is 4.48. The van der Waals surface area contributed by atoms with E-state index in [0.29, 0.717) is 0 Å². The number of allylic oxidation sites excluding steroid dienone is 3. The third kappa shape index (κ3) is 2.79. The molecule has 0 aliphatic heterocycles. The molecule has 3 heteroatoms. The van der Waals surface area contributed by atoms with Gasteiger partial charge in [0.25, 0.3) is 0 Å². The van der Waals surface area contributed by atoms with Gasteiger partial charge in [0.05, 0.1) is 0 Å². The van der Waals surface area contributed by atoms with Gasteiger partial charge in [-0.25, -0.2) is 0 Å². The van der Waals surface area contributed by atoms with Crippen LogP contribution < -0.4 is 0 Å². The first kappa shape index (κ1) is 10.6. The number of thiol groups is 3. The molecule has 1 rings (SSSR count). The lowest BCUT2D eigenvalue weighted by Crippen LogP contribution is -1.99. The van der Waals surface area contributed by atoms with Crippen LogP contribution in [0, 0.1) is 0 Å². The van der Waals surface area contributed by atoms with Crippen molar-refractivity contribution in [2.75, 3.05) is 0 Å². The number of hydrogen-bond acceptors (Lipinski definition) is 3. The van der Waals surface area contributed by atoms with Gasteiger partial charge in [-0.05, 0) is 37.5 Å². The molecule has 1 saturated carbocycles. The van der Waals surface area contributed by atoms with Crippen molar-refractivity contribution >= 4 is 37.9 Å². The molecule has 0 heterocycles. The third-order valence-corrected chi connectivity index (χ3v) is 3.23. The molecule has 0 amide bonds. The van der Waals surface area contributed by atoms with Gasteiger partial charge in [0.1, 0.15) is 0 Å². The lowest BCUT2D eigenvalue weighted by molar-refractivity contribution is 0.725. The molecule has 0 saturated heterocycles. The van der Waals surface area contributed by atoms with Crippen LogP contribution in [-0.4, -0.2) is 0 Å². The largest absolute Gasteiger partial charge is 0.148 e. The van der Waals surface area contributed by atoms with Crippen LogP contribution in [0.2, 0.25) is 0 Å². The molecular formula is C9H14S3. The fourth-order valence-electron chi connectivity index (χ4n) is 1.44. The molecule has 0 aromatic rings. The summed E-state index contributed by atoms with van der Waals surface area (Å²) >= 11 is 12.8. The van der Waals surface area contributed by atoms with Gasteiger partial charge in [0, 0.05) is 4.24 Å². The maximum atomic E-state index is 4.35. The van der Waals surface area contributed by atoms with Crippen LogP contribution in [0.3, 0.4) is 0 Å². The Morgan fingerprint density at radius 1 is 0.917 bits per heavy atom. The van der Waals surface area contributed by atoms with Crippen molar-refractivity contribution in [2.45, 2.75) is 32.6 Å². The number of rotatable bonds is 0. The van der Waals surface area contributed by atoms with Crippen LogP contribution in [0.1, 0.15) is 32.6 Å². The zero-order valence-electron chi connectivity index (χ0n) is 7.17. The summed E-state index contributed by atoms with van der Waals surface area (Å²) in [6.45, 7) is 2.06. The zero-order valence-corrected chi connectivity index (χ0v) is 9.85. The summed E-state index contributed by atoms with van der Waals surface area (Å²) in [6, 6.07) is 0. The Kier molecular flexibility index (Phi) is 4.14. The molecule has 0 radical (unpaired) electrons. The van der Waals surface area contributed by atoms with E-state index in [9.17, 15) is 0 Å². The molecule has 0 atom stereocenters. The van der Waals surface area contributed by atoms with Gasteiger partial charge in [-0.3, -0.25) is 0 Å². The predicted molar refractivity (Wildman–Crippen MR) is 65.2 cm³/mol. The Balaban J connectivity index is 2.63. The summed E-state index contributed by atoms with van der Waals surface area (Å²) in [5, 5.41) is 0. The van der Waals surface area contributed by atoms with Crippen LogP contribution in [0.25, 0.3) is 0 Å². The number of hydrogen-bond donors (Lipinski definition) is 3. The maximum Gasteiger partial charge on any atom is 0.0331 e. The second kappa shape index (κ2) is 4.68. The van der Waals surface area contributed by atoms with E-state index >= 15 is 0 Å². The SMILES string of the molecule is CC(S)=C1CCC(=C(S)S)CC1. The third-order valence-electron chi connectivity index (χ3n) is 2.29. The molecule has 0 N–H and O–H groups in total. The average molecular weight is 218 g/mol. The first-order chi connectivity index (χ1) is 5.61. The Morgan fingerprint density at radius 2 is 1.33 bits per heavy atom. The summed E-state index contributed by atoms with van der Waals surface area (Å²) in [5.74, 6) is 0. The van der Waals surface area contributed by atoms with Gasteiger partial charge in [0.15, 0.2) is 0 Å². The second-order valence-corrected chi connectivity index (χ2v) is 5.03. The van der Waals surface area contributed by atoms with E-state index in [-0.39, 0.29) is 0 Å². The van der Waals surface area contributed by atoms with Gasteiger partial charge < -0.3 is 0 Å². The lowest BCUT2D eigenvalue weighted by atomic mass is 9.91. The first-order valence-corrected chi connectivity index (χ1v) is 5.43. The van der Waals surface area contributed by atoms with Crippen LogP contribution in [-0.2, 0) is 0 Å². The molecule has 1 fully saturated rings. The van der Waals surface area contributed by atoms with E-state index in [1.54, 1.807) is 0 Å². The van der Waals surface area contributed by atoms with Crippen molar-refractivity contribution < 1.29 is 0 Å². The Hall–Kier alpha value is 0.530. The Bertz CT molecular complexity index is 192. The summed E-state index contributed by atoms with van der Waals surface area (Å²) in [7, 11) is 0. The normalized spacial score (nSPS) is 18.0. The first-order valence-electron chi connectivity index (χ1n) is 4.09.